The highest BCUT2D eigenvalue weighted by atomic mass is 14.5. The van der Waals surface area contributed by atoms with Gasteiger partial charge in [0.15, 0.2) is 0 Å². The molecule has 1 unspecified atom stereocenters. The lowest BCUT2D eigenvalue weighted by atomic mass is 9.74. The largest absolute Gasteiger partial charge is 0.0839 e. The Hall–Kier alpha value is -1.30. The van der Waals surface area contributed by atoms with Gasteiger partial charge in [0.2, 0.25) is 0 Å². The summed E-state index contributed by atoms with van der Waals surface area (Å²) < 4.78 is 0. The second-order valence-corrected chi connectivity index (χ2v) is 5.61. The predicted molar refractivity (Wildman–Crippen MR) is 69.4 cm³/mol. The highest BCUT2D eigenvalue weighted by Gasteiger charge is 2.42. The van der Waals surface area contributed by atoms with Gasteiger partial charge in [0, 0.05) is 0 Å². The van der Waals surface area contributed by atoms with Gasteiger partial charge in [-0.25, -0.2) is 0 Å². The van der Waals surface area contributed by atoms with E-state index in [0.717, 1.165) is 0 Å². The molecule has 1 atom stereocenters. The molecule has 16 heavy (non-hydrogen) atoms. The minimum atomic E-state index is 0.290. The first-order valence-corrected chi connectivity index (χ1v) is 6.09. The minimum absolute atomic E-state index is 0.290. The van der Waals surface area contributed by atoms with Gasteiger partial charge in [0.25, 0.3) is 0 Å². The molecule has 0 saturated heterocycles. The SMILES string of the molecule is Cc1ccc2c(c1)C(C)(C)C1CC=CC=C21. The molecule has 0 saturated carbocycles. The van der Waals surface area contributed by atoms with Crippen molar-refractivity contribution >= 4 is 5.57 Å². The summed E-state index contributed by atoms with van der Waals surface area (Å²) in [6.07, 6.45) is 8.00. The molecule has 1 aromatic carbocycles. The van der Waals surface area contributed by atoms with Gasteiger partial charge in [-0.05, 0) is 41.4 Å². The second-order valence-electron chi connectivity index (χ2n) is 5.61. The van der Waals surface area contributed by atoms with Crippen molar-refractivity contribution in [3.05, 3.63) is 53.1 Å². The van der Waals surface area contributed by atoms with Crippen LogP contribution < -0.4 is 0 Å². The van der Waals surface area contributed by atoms with Crippen molar-refractivity contribution in [3.63, 3.8) is 0 Å². The van der Waals surface area contributed by atoms with Gasteiger partial charge in [-0.15, -0.1) is 0 Å². The van der Waals surface area contributed by atoms with Crippen LogP contribution in [0.25, 0.3) is 5.57 Å². The van der Waals surface area contributed by atoms with Gasteiger partial charge in [-0.3, -0.25) is 0 Å². The normalized spacial score (nSPS) is 24.9. The Kier molecular flexibility index (Phi) is 1.92. The van der Waals surface area contributed by atoms with Crippen molar-refractivity contribution in [2.45, 2.75) is 32.6 Å². The van der Waals surface area contributed by atoms with E-state index in [1.807, 2.05) is 0 Å². The molecule has 2 aliphatic rings. The first kappa shape index (κ1) is 9.89. The Bertz CT molecular complexity index is 501. The minimum Gasteiger partial charge on any atom is -0.0839 e. The average molecular weight is 210 g/mol. The fourth-order valence-electron chi connectivity index (χ4n) is 3.22. The molecule has 0 spiro atoms. The number of hydrogen-bond acceptors (Lipinski definition) is 0. The monoisotopic (exact) mass is 210 g/mol. The zero-order valence-electron chi connectivity index (χ0n) is 10.2. The lowest BCUT2D eigenvalue weighted by molar-refractivity contribution is 0.414. The molecule has 0 aromatic heterocycles. The van der Waals surface area contributed by atoms with Crippen molar-refractivity contribution in [2.24, 2.45) is 5.92 Å². The molecule has 82 valence electrons. The average Bonchev–Trinajstić information content (AvgIpc) is 2.49. The Labute approximate surface area is 97.7 Å². The number of aryl methyl sites for hydroxylation is 1. The molecule has 0 N–H and O–H groups in total. The fourth-order valence-corrected chi connectivity index (χ4v) is 3.22. The quantitative estimate of drug-likeness (QED) is 0.600. The van der Waals surface area contributed by atoms with Crippen molar-refractivity contribution < 1.29 is 0 Å². The Morgan fingerprint density at radius 1 is 1.25 bits per heavy atom. The van der Waals surface area contributed by atoms with Crippen LogP contribution in [0.3, 0.4) is 0 Å². The smallest absolute Gasteiger partial charge is 0.00256 e. The second kappa shape index (κ2) is 3.10. The summed E-state index contributed by atoms with van der Waals surface area (Å²) in [5.74, 6) is 0.675. The van der Waals surface area contributed by atoms with Gasteiger partial charge in [-0.2, -0.15) is 0 Å². The molecule has 0 heterocycles. The molecular formula is C16H18. The van der Waals surface area contributed by atoms with E-state index in [-0.39, 0.29) is 5.41 Å². The first-order chi connectivity index (χ1) is 7.60. The topological polar surface area (TPSA) is 0 Å². The maximum Gasteiger partial charge on any atom is -0.00256 e. The summed E-state index contributed by atoms with van der Waals surface area (Å²) in [4.78, 5) is 0. The lowest BCUT2D eigenvalue weighted by Gasteiger charge is -2.29. The highest BCUT2D eigenvalue weighted by molar-refractivity contribution is 5.79. The van der Waals surface area contributed by atoms with E-state index in [1.54, 1.807) is 5.57 Å². The molecule has 0 bridgehead atoms. The number of hydrogen-bond donors (Lipinski definition) is 0. The summed E-state index contributed by atoms with van der Waals surface area (Å²) in [5, 5.41) is 0. The molecule has 1 aromatic rings. The van der Waals surface area contributed by atoms with Crippen LogP contribution in [0.2, 0.25) is 0 Å². The molecule has 0 fully saturated rings. The lowest BCUT2D eigenvalue weighted by Crippen LogP contribution is -2.23. The van der Waals surface area contributed by atoms with Gasteiger partial charge >= 0.3 is 0 Å². The maximum atomic E-state index is 2.38. The zero-order chi connectivity index (χ0) is 11.3. The third-order valence-corrected chi connectivity index (χ3v) is 4.21. The molecule has 0 nitrogen and oxygen atoms in total. The van der Waals surface area contributed by atoms with E-state index in [1.165, 1.54) is 23.1 Å². The van der Waals surface area contributed by atoms with Gasteiger partial charge in [0.1, 0.15) is 0 Å². The van der Waals surface area contributed by atoms with Crippen LogP contribution >= 0.6 is 0 Å². The molecule has 2 aliphatic carbocycles. The molecule has 0 amide bonds. The first-order valence-electron chi connectivity index (χ1n) is 6.09. The number of rotatable bonds is 0. The van der Waals surface area contributed by atoms with Gasteiger partial charge < -0.3 is 0 Å². The third-order valence-electron chi connectivity index (χ3n) is 4.21. The molecule has 0 heteroatoms. The van der Waals surface area contributed by atoms with Crippen LogP contribution in [0.15, 0.2) is 36.4 Å². The summed E-state index contributed by atoms with van der Waals surface area (Å²) in [6, 6.07) is 6.91. The van der Waals surface area contributed by atoms with Crippen LogP contribution in [-0.2, 0) is 5.41 Å². The van der Waals surface area contributed by atoms with E-state index < -0.39 is 0 Å². The van der Waals surface area contributed by atoms with Crippen molar-refractivity contribution in [1.82, 2.24) is 0 Å². The van der Waals surface area contributed by atoms with Crippen molar-refractivity contribution in [1.29, 1.82) is 0 Å². The molecule has 0 radical (unpaired) electrons. The van der Waals surface area contributed by atoms with Crippen LogP contribution in [0, 0.1) is 12.8 Å². The summed E-state index contributed by atoms with van der Waals surface area (Å²) in [6.45, 7) is 6.96. The van der Waals surface area contributed by atoms with E-state index in [0.29, 0.717) is 5.92 Å². The van der Waals surface area contributed by atoms with E-state index in [2.05, 4.69) is 57.2 Å². The van der Waals surface area contributed by atoms with Gasteiger partial charge in [-0.1, -0.05) is 55.8 Å². The van der Waals surface area contributed by atoms with E-state index in [9.17, 15) is 0 Å². The third kappa shape index (κ3) is 1.16. The van der Waals surface area contributed by atoms with Crippen LogP contribution in [0.5, 0.6) is 0 Å². The fraction of sp³-hybridized carbons (Fsp3) is 0.375. The summed E-state index contributed by atoms with van der Waals surface area (Å²) in [5.41, 5.74) is 6.22. The predicted octanol–water partition coefficient (Wildman–Crippen LogP) is 4.25. The van der Waals surface area contributed by atoms with Crippen molar-refractivity contribution in [2.75, 3.05) is 0 Å². The number of fused-ring (bicyclic) bond motifs is 3. The number of allylic oxidation sites excluding steroid dienone is 4. The molecular weight excluding hydrogens is 192 g/mol. The maximum absolute atomic E-state index is 2.38. The Morgan fingerprint density at radius 3 is 2.88 bits per heavy atom. The van der Waals surface area contributed by atoms with E-state index in [4.69, 9.17) is 0 Å². The zero-order valence-corrected chi connectivity index (χ0v) is 10.2. The Balaban J connectivity index is 2.27. The summed E-state index contributed by atoms with van der Waals surface area (Å²) >= 11 is 0. The van der Waals surface area contributed by atoms with Crippen LogP contribution in [0.4, 0.5) is 0 Å². The summed E-state index contributed by atoms with van der Waals surface area (Å²) in [7, 11) is 0. The van der Waals surface area contributed by atoms with Crippen LogP contribution in [0.1, 0.15) is 37.0 Å². The van der Waals surface area contributed by atoms with Crippen molar-refractivity contribution in [3.8, 4) is 0 Å². The van der Waals surface area contributed by atoms with Crippen LogP contribution in [-0.4, -0.2) is 0 Å². The van der Waals surface area contributed by atoms with Gasteiger partial charge in [0.05, 0.1) is 0 Å². The van der Waals surface area contributed by atoms with E-state index >= 15 is 0 Å². The molecule has 3 rings (SSSR count). The Morgan fingerprint density at radius 2 is 2.06 bits per heavy atom. The number of benzene rings is 1. The highest BCUT2D eigenvalue weighted by Crippen LogP contribution is 2.52. The standard InChI is InChI=1S/C16H18/c1-11-8-9-13-12-6-4-5-7-14(12)16(2,3)15(13)10-11/h4-6,8-10,14H,7H2,1-3H3. The molecule has 0 aliphatic heterocycles.